The second kappa shape index (κ2) is 3.66. The molecule has 1 heterocycles. The molecular formula is C10H14N2O. The second-order valence-electron chi connectivity index (χ2n) is 3.24. The molecule has 1 aliphatic rings. The molecule has 1 aromatic carbocycles. The van der Waals surface area contributed by atoms with Crippen molar-refractivity contribution in [1.29, 1.82) is 0 Å². The standard InChI is InChI=1S/C10H14N2O/c11-9-4-3-5-10(8-9)12-6-1-2-7-13-12/h3-5,8H,1-2,6-7,11H2. The van der Waals surface area contributed by atoms with Gasteiger partial charge in [-0.15, -0.1) is 0 Å². The van der Waals surface area contributed by atoms with Crippen molar-refractivity contribution < 1.29 is 4.84 Å². The van der Waals surface area contributed by atoms with Crippen LogP contribution in [0.4, 0.5) is 11.4 Å². The Morgan fingerprint density at radius 3 is 2.92 bits per heavy atom. The summed E-state index contributed by atoms with van der Waals surface area (Å²) in [6.07, 6.45) is 2.34. The molecule has 0 saturated carbocycles. The maximum absolute atomic E-state index is 5.68. The van der Waals surface area contributed by atoms with E-state index in [0.717, 1.165) is 30.9 Å². The van der Waals surface area contributed by atoms with Crippen molar-refractivity contribution in [2.75, 3.05) is 23.9 Å². The summed E-state index contributed by atoms with van der Waals surface area (Å²) in [6.45, 7) is 1.78. The molecule has 0 bridgehead atoms. The minimum absolute atomic E-state index is 0.784. The molecule has 0 atom stereocenters. The van der Waals surface area contributed by atoms with E-state index in [4.69, 9.17) is 10.6 Å². The summed E-state index contributed by atoms with van der Waals surface area (Å²) in [5, 5.41) is 1.92. The molecule has 2 rings (SSSR count). The molecule has 70 valence electrons. The topological polar surface area (TPSA) is 38.5 Å². The number of anilines is 2. The number of hydroxylamine groups is 1. The Morgan fingerprint density at radius 1 is 1.31 bits per heavy atom. The largest absolute Gasteiger partial charge is 0.399 e. The fourth-order valence-electron chi connectivity index (χ4n) is 1.48. The number of rotatable bonds is 1. The van der Waals surface area contributed by atoms with Gasteiger partial charge in [-0.2, -0.15) is 0 Å². The van der Waals surface area contributed by atoms with Gasteiger partial charge >= 0.3 is 0 Å². The summed E-state index contributed by atoms with van der Waals surface area (Å²) in [5.74, 6) is 0. The molecule has 3 heteroatoms. The molecule has 13 heavy (non-hydrogen) atoms. The Bertz CT molecular complexity index is 282. The van der Waals surface area contributed by atoms with E-state index in [2.05, 4.69) is 0 Å². The SMILES string of the molecule is Nc1cccc(N2CCCCO2)c1. The summed E-state index contributed by atoms with van der Waals surface area (Å²) >= 11 is 0. The summed E-state index contributed by atoms with van der Waals surface area (Å²) in [4.78, 5) is 5.50. The molecule has 1 aliphatic heterocycles. The Morgan fingerprint density at radius 2 is 2.23 bits per heavy atom. The van der Waals surface area contributed by atoms with Crippen molar-refractivity contribution in [3.8, 4) is 0 Å². The smallest absolute Gasteiger partial charge is 0.0749 e. The number of nitrogens with two attached hydrogens (primary N) is 1. The molecule has 0 aromatic heterocycles. The van der Waals surface area contributed by atoms with Gasteiger partial charge in [0, 0.05) is 12.2 Å². The zero-order chi connectivity index (χ0) is 9.10. The maximum Gasteiger partial charge on any atom is 0.0749 e. The number of hydrogen-bond acceptors (Lipinski definition) is 3. The van der Waals surface area contributed by atoms with Crippen LogP contribution in [0.15, 0.2) is 24.3 Å². The van der Waals surface area contributed by atoms with Gasteiger partial charge in [-0.25, -0.2) is 0 Å². The highest BCUT2D eigenvalue weighted by Crippen LogP contribution is 2.20. The number of nitrogen functional groups attached to an aromatic ring is 1. The monoisotopic (exact) mass is 178 g/mol. The van der Waals surface area contributed by atoms with Crippen LogP contribution in [0.5, 0.6) is 0 Å². The molecule has 0 unspecified atom stereocenters. The number of benzene rings is 1. The van der Waals surface area contributed by atoms with Crippen molar-refractivity contribution in [3.63, 3.8) is 0 Å². The molecular weight excluding hydrogens is 164 g/mol. The molecule has 1 aromatic rings. The number of nitrogens with zero attached hydrogens (tertiary/aromatic N) is 1. The quantitative estimate of drug-likeness (QED) is 0.666. The van der Waals surface area contributed by atoms with E-state index < -0.39 is 0 Å². The molecule has 1 fully saturated rings. The van der Waals surface area contributed by atoms with Gasteiger partial charge in [0.25, 0.3) is 0 Å². The first-order valence-electron chi connectivity index (χ1n) is 4.62. The van der Waals surface area contributed by atoms with Crippen LogP contribution >= 0.6 is 0 Å². The Hall–Kier alpha value is -1.22. The predicted octanol–water partition coefficient (Wildman–Crippen LogP) is 1.80. The van der Waals surface area contributed by atoms with E-state index in [1.807, 2.05) is 29.3 Å². The van der Waals surface area contributed by atoms with Crippen LogP contribution < -0.4 is 10.8 Å². The highest BCUT2D eigenvalue weighted by molar-refractivity contribution is 5.54. The predicted molar refractivity (Wildman–Crippen MR) is 53.4 cm³/mol. The van der Waals surface area contributed by atoms with Crippen molar-refractivity contribution in [3.05, 3.63) is 24.3 Å². The molecule has 0 amide bonds. The minimum Gasteiger partial charge on any atom is -0.399 e. The zero-order valence-corrected chi connectivity index (χ0v) is 7.57. The van der Waals surface area contributed by atoms with Crippen molar-refractivity contribution in [1.82, 2.24) is 0 Å². The fraction of sp³-hybridized carbons (Fsp3) is 0.400. The summed E-state index contributed by atoms with van der Waals surface area (Å²) in [5.41, 5.74) is 7.52. The van der Waals surface area contributed by atoms with Crippen LogP contribution in [0.25, 0.3) is 0 Å². The minimum atomic E-state index is 0.784. The van der Waals surface area contributed by atoms with Crippen molar-refractivity contribution in [2.24, 2.45) is 0 Å². The highest BCUT2D eigenvalue weighted by Gasteiger charge is 2.11. The van der Waals surface area contributed by atoms with Crippen LogP contribution in [0.3, 0.4) is 0 Å². The molecule has 3 nitrogen and oxygen atoms in total. The first-order chi connectivity index (χ1) is 6.36. The zero-order valence-electron chi connectivity index (χ0n) is 7.57. The summed E-state index contributed by atoms with van der Waals surface area (Å²) in [6, 6.07) is 7.78. The lowest BCUT2D eigenvalue weighted by atomic mass is 10.2. The molecule has 0 spiro atoms. The van der Waals surface area contributed by atoms with E-state index >= 15 is 0 Å². The van der Waals surface area contributed by atoms with Gasteiger partial charge in [0.15, 0.2) is 0 Å². The first-order valence-corrected chi connectivity index (χ1v) is 4.62. The van der Waals surface area contributed by atoms with Gasteiger partial charge in [-0.05, 0) is 31.0 Å². The van der Waals surface area contributed by atoms with E-state index in [1.165, 1.54) is 6.42 Å². The van der Waals surface area contributed by atoms with Gasteiger partial charge in [-0.3, -0.25) is 9.90 Å². The van der Waals surface area contributed by atoms with Gasteiger partial charge in [0.2, 0.25) is 0 Å². The van der Waals surface area contributed by atoms with Gasteiger partial charge in [-0.1, -0.05) is 6.07 Å². The van der Waals surface area contributed by atoms with Gasteiger partial charge < -0.3 is 5.73 Å². The van der Waals surface area contributed by atoms with Crippen molar-refractivity contribution in [2.45, 2.75) is 12.8 Å². The van der Waals surface area contributed by atoms with Crippen LogP contribution in [-0.2, 0) is 4.84 Å². The van der Waals surface area contributed by atoms with Crippen molar-refractivity contribution >= 4 is 11.4 Å². The van der Waals surface area contributed by atoms with Gasteiger partial charge in [0.1, 0.15) is 0 Å². The fourth-order valence-corrected chi connectivity index (χ4v) is 1.48. The third-order valence-electron chi connectivity index (χ3n) is 2.16. The normalized spacial score (nSPS) is 17.4. The summed E-state index contributed by atoms with van der Waals surface area (Å²) < 4.78 is 0. The highest BCUT2D eigenvalue weighted by atomic mass is 16.7. The molecule has 2 N–H and O–H groups in total. The molecule has 1 saturated heterocycles. The third kappa shape index (κ3) is 1.92. The second-order valence-corrected chi connectivity index (χ2v) is 3.24. The van der Waals surface area contributed by atoms with Crippen LogP contribution in [0.1, 0.15) is 12.8 Å². The lowest BCUT2D eigenvalue weighted by Gasteiger charge is -2.27. The Labute approximate surface area is 78.1 Å². The van der Waals surface area contributed by atoms with Crippen LogP contribution in [-0.4, -0.2) is 13.2 Å². The van der Waals surface area contributed by atoms with Crippen LogP contribution in [0.2, 0.25) is 0 Å². The summed E-state index contributed by atoms with van der Waals surface area (Å²) in [7, 11) is 0. The van der Waals surface area contributed by atoms with Crippen LogP contribution in [0, 0.1) is 0 Å². The van der Waals surface area contributed by atoms with E-state index in [0.29, 0.717) is 0 Å². The molecule has 0 radical (unpaired) electrons. The Balaban J connectivity index is 2.14. The maximum atomic E-state index is 5.68. The van der Waals surface area contributed by atoms with E-state index in [1.54, 1.807) is 0 Å². The van der Waals surface area contributed by atoms with Gasteiger partial charge in [0.05, 0.1) is 12.3 Å². The molecule has 0 aliphatic carbocycles. The number of hydrogen-bond donors (Lipinski definition) is 1. The lowest BCUT2D eigenvalue weighted by molar-refractivity contribution is 0.0778. The third-order valence-corrected chi connectivity index (χ3v) is 2.16. The average molecular weight is 178 g/mol. The lowest BCUT2D eigenvalue weighted by Crippen LogP contribution is -2.29. The van der Waals surface area contributed by atoms with E-state index in [9.17, 15) is 0 Å². The van der Waals surface area contributed by atoms with E-state index in [-0.39, 0.29) is 0 Å². The average Bonchev–Trinajstić information content (AvgIpc) is 2.19. The first kappa shape index (κ1) is 8.38. The Kier molecular flexibility index (Phi) is 2.36.